The number of carbonyl (C=O) groups excluding carboxylic acids is 2. The monoisotopic (exact) mass is 199 g/mol. The molecule has 3 amide bonds. The van der Waals surface area contributed by atoms with Crippen LogP contribution in [0.4, 0.5) is 4.79 Å². The summed E-state index contributed by atoms with van der Waals surface area (Å²) in [5.41, 5.74) is 2.26. The predicted octanol–water partition coefficient (Wildman–Crippen LogP) is -0.780. The van der Waals surface area contributed by atoms with Crippen LogP contribution in [-0.2, 0) is 9.63 Å². The first kappa shape index (κ1) is 9.26. The number of hydroxylamine groups is 1. The molecule has 0 aromatic carbocycles. The summed E-state index contributed by atoms with van der Waals surface area (Å²) < 4.78 is 0. The molecule has 0 radical (unpaired) electrons. The zero-order valence-electron chi connectivity index (χ0n) is 7.95. The Kier molecular flexibility index (Phi) is 2.28. The molecule has 2 aliphatic heterocycles. The van der Waals surface area contributed by atoms with Gasteiger partial charge in [0.2, 0.25) is 0 Å². The molecular weight excluding hydrogens is 186 g/mol. The van der Waals surface area contributed by atoms with E-state index >= 15 is 0 Å². The summed E-state index contributed by atoms with van der Waals surface area (Å²) in [5, 5.41) is 2.81. The molecule has 6 heteroatoms. The summed E-state index contributed by atoms with van der Waals surface area (Å²) in [4.78, 5) is 28.9. The fourth-order valence-electron chi connectivity index (χ4n) is 2.01. The van der Waals surface area contributed by atoms with Crippen molar-refractivity contribution in [2.75, 3.05) is 13.7 Å². The smallest absolute Gasteiger partial charge is 0.318 e. The van der Waals surface area contributed by atoms with E-state index in [9.17, 15) is 9.59 Å². The lowest BCUT2D eigenvalue weighted by Gasteiger charge is -2.28. The average molecular weight is 199 g/mol. The van der Waals surface area contributed by atoms with Gasteiger partial charge < -0.3 is 10.2 Å². The Morgan fingerprint density at radius 3 is 3.14 bits per heavy atom. The second kappa shape index (κ2) is 3.45. The number of amides is 3. The highest BCUT2D eigenvalue weighted by atomic mass is 16.6. The van der Waals surface area contributed by atoms with Crippen LogP contribution in [-0.4, -0.2) is 42.6 Å². The largest absolute Gasteiger partial charge is 0.333 e. The minimum atomic E-state index is -0.381. The molecule has 0 aliphatic carbocycles. The summed E-state index contributed by atoms with van der Waals surface area (Å²) in [5.74, 6) is -0.247. The van der Waals surface area contributed by atoms with E-state index in [1.807, 2.05) is 0 Å². The maximum Gasteiger partial charge on any atom is 0.318 e. The molecule has 0 aromatic rings. The summed E-state index contributed by atoms with van der Waals surface area (Å²) in [6, 6.07) is -0.313. The van der Waals surface area contributed by atoms with E-state index in [-0.39, 0.29) is 24.0 Å². The predicted molar refractivity (Wildman–Crippen MR) is 47.2 cm³/mol. The van der Waals surface area contributed by atoms with Crippen LogP contribution in [0, 0.1) is 0 Å². The van der Waals surface area contributed by atoms with Gasteiger partial charge in [-0.2, -0.15) is 0 Å². The third-order valence-electron chi connectivity index (χ3n) is 2.68. The van der Waals surface area contributed by atoms with Gasteiger partial charge in [-0.3, -0.25) is 9.63 Å². The molecule has 14 heavy (non-hydrogen) atoms. The zero-order chi connectivity index (χ0) is 10.1. The zero-order valence-corrected chi connectivity index (χ0v) is 7.95. The molecule has 6 nitrogen and oxygen atoms in total. The lowest BCUT2D eigenvalue weighted by Crippen LogP contribution is -2.49. The number of nitrogens with zero attached hydrogens (tertiary/aromatic N) is 1. The highest BCUT2D eigenvalue weighted by Gasteiger charge is 2.41. The van der Waals surface area contributed by atoms with Crippen LogP contribution >= 0.6 is 0 Å². The summed E-state index contributed by atoms with van der Waals surface area (Å²) in [6.07, 6.45) is 1.54. The Hall–Kier alpha value is -1.30. The molecule has 2 fully saturated rings. The number of rotatable bonds is 2. The van der Waals surface area contributed by atoms with Gasteiger partial charge in [0.05, 0.1) is 7.11 Å². The summed E-state index contributed by atoms with van der Waals surface area (Å²) >= 11 is 0. The number of urea groups is 1. The average Bonchev–Trinajstić information content (AvgIpc) is 2.43. The highest BCUT2D eigenvalue weighted by molar-refractivity contribution is 5.88. The van der Waals surface area contributed by atoms with Crippen molar-refractivity contribution in [2.24, 2.45) is 0 Å². The van der Waals surface area contributed by atoms with E-state index < -0.39 is 0 Å². The third-order valence-corrected chi connectivity index (χ3v) is 2.68. The minimum Gasteiger partial charge on any atom is -0.333 e. The van der Waals surface area contributed by atoms with Gasteiger partial charge in [-0.1, -0.05) is 0 Å². The first-order valence-corrected chi connectivity index (χ1v) is 4.62. The lowest BCUT2D eigenvalue weighted by molar-refractivity contribution is -0.136. The van der Waals surface area contributed by atoms with Crippen molar-refractivity contribution in [3.05, 3.63) is 0 Å². The van der Waals surface area contributed by atoms with Crippen LogP contribution in [0.2, 0.25) is 0 Å². The quantitative estimate of drug-likeness (QED) is 0.573. The Balaban J connectivity index is 2.05. The second-order valence-corrected chi connectivity index (χ2v) is 3.56. The van der Waals surface area contributed by atoms with E-state index in [0.717, 1.165) is 6.42 Å². The Bertz CT molecular complexity index is 269. The molecule has 2 rings (SSSR count). The lowest BCUT2D eigenvalue weighted by atomic mass is 10.0. The molecule has 0 saturated carbocycles. The van der Waals surface area contributed by atoms with E-state index in [4.69, 9.17) is 0 Å². The van der Waals surface area contributed by atoms with Crippen molar-refractivity contribution in [1.29, 1.82) is 0 Å². The number of hydrogen-bond donors (Lipinski definition) is 2. The number of nitrogens with one attached hydrogen (secondary N) is 2. The maximum atomic E-state index is 11.5. The van der Waals surface area contributed by atoms with Crippen LogP contribution in [0.1, 0.15) is 12.8 Å². The van der Waals surface area contributed by atoms with Gasteiger partial charge >= 0.3 is 6.03 Å². The Morgan fingerprint density at radius 2 is 2.43 bits per heavy atom. The summed E-state index contributed by atoms with van der Waals surface area (Å²) in [7, 11) is 1.38. The molecule has 0 spiro atoms. The van der Waals surface area contributed by atoms with Crippen molar-refractivity contribution in [3.63, 3.8) is 0 Å². The van der Waals surface area contributed by atoms with Crippen molar-refractivity contribution < 1.29 is 14.4 Å². The molecule has 2 unspecified atom stereocenters. The Morgan fingerprint density at radius 1 is 1.64 bits per heavy atom. The van der Waals surface area contributed by atoms with Gasteiger partial charge in [0.1, 0.15) is 6.04 Å². The van der Waals surface area contributed by atoms with Gasteiger partial charge in [0, 0.05) is 12.6 Å². The van der Waals surface area contributed by atoms with Crippen molar-refractivity contribution in [3.8, 4) is 0 Å². The van der Waals surface area contributed by atoms with Gasteiger partial charge in [-0.25, -0.2) is 10.3 Å². The number of piperidine rings is 1. The normalized spacial score (nSPS) is 30.1. The van der Waals surface area contributed by atoms with E-state index in [2.05, 4.69) is 15.6 Å². The van der Waals surface area contributed by atoms with Crippen LogP contribution in [0.5, 0.6) is 0 Å². The van der Waals surface area contributed by atoms with Gasteiger partial charge in [0.25, 0.3) is 5.91 Å². The van der Waals surface area contributed by atoms with Crippen LogP contribution in [0.3, 0.4) is 0 Å². The molecular formula is C8H13N3O3. The first-order chi connectivity index (χ1) is 6.72. The van der Waals surface area contributed by atoms with Gasteiger partial charge in [-0.05, 0) is 12.8 Å². The topological polar surface area (TPSA) is 70.7 Å². The van der Waals surface area contributed by atoms with Gasteiger partial charge in [-0.15, -0.1) is 0 Å². The van der Waals surface area contributed by atoms with Crippen LogP contribution < -0.4 is 10.8 Å². The van der Waals surface area contributed by atoms with E-state index in [0.29, 0.717) is 13.0 Å². The second-order valence-electron chi connectivity index (χ2n) is 3.56. The number of carbonyl (C=O) groups is 2. The maximum absolute atomic E-state index is 11.5. The molecule has 2 saturated heterocycles. The van der Waals surface area contributed by atoms with Crippen LogP contribution in [0.25, 0.3) is 0 Å². The van der Waals surface area contributed by atoms with Crippen molar-refractivity contribution >= 4 is 11.9 Å². The van der Waals surface area contributed by atoms with Crippen molar-refractivity contribution in [1.82, 2.24) is 15.7 Å². The summed E-state index contributed by atoms with van der Waals surface area (Å²) in [6.45, 7) is 0.626. The molecule has 2 heterocycles. The number of fused-ring (bicyclic) bond motifs is 2. The van der Waals surface area contributed by atoms with Gasteiger partial charge in [0.15, 0.2) is 0 Å². The van der Waals surface area contributed by atoms with Crippen LogP contribution in [0.15, 0.2) is 0 Å². The fourth-order valence-corrected chi connectivity index (χ4v) is 2.01. The number of hydrogen-bond acceptors (Lipinski definition) is 3. The fraction of sp³-hybridized carbons (Fsp3) is 0.750. The van der Waals surface area contributed by atoms with E-state index in [1.54, 1.807) is 4.90 Å². The van der Waals surface area contributed by atoms with Crippen molar-refractivity contribution in [2.45, 2.75) is 24.9 Å². The first-order valence-electron chi connectivity index (χ1n) is 4.62. The molecule has 0 aromatic heterocycles. The highest BCUT2D eigenvalue weighted by Crippen LogP contribution is 2.22. The standard InChI is InChI=1S/C8H13N3O3/c1-14-10-7(12)6-3-2-5-4-11(6)8(13)9-5/h5-6H,2-4H2,1H3,(H,9,13)(H,10,12). The molecule has 2 N–H and O–H groups in total. The molecule has 2 aliphatic rings. The minimum absolute atomic E-state index is 0.149. The Labute approximate surface area is 81.5 Å². The molecule has 78 valence electrons. The third kappa shape index (κ3) is 1.41. The molecule has 2 atom stereocenters. The SMILES string of the molecule is CONC(=O)C1CCC2CN1C(=O)N2. The van der Waals surface area contributed by atoms with E-state index in [1.165, 1.54) is 7.11 Å². The molecule has 2 bridgehead atoms.